The summed E-state index contributed by atoms with van der Waals surface area (Å²) in [4.78, 5) is 8.83. The van der Waals surface area contributed by atoms with Gasteiger partial charge in [-0.2, -0.15) is 0 Å². The molecule has 0 bridgehead atoms. The molecule has 9 heteroatoms. The lowest BCUT2D eigenvalue weighted by Crippen LogP contribution is -2.52. The van der Waals surface area contributed by atoms with E-state index in [1.807, 2.05) is 22.7 Å². The Morgan fingerprint density at radius 2 is 1.93 bits per heavy atom. The number of hydrogen-bond donors (Lipinski definition) is 1. The lowest BCUT2D eigenvalue weighted by Gasteiger charge is -2.51. The third-order valence-electron chi connectivity index (χ3n) is 5.91. The molecule has 1 saturated heterocycles. The smallest absolute Gasteiger partial charge is 0.212 e. The van der Waals surface area contributed by atoms with Crippen molar-refractivity contribution < 1.29 is 0 Å². The summed E-state index contributed by atoms with van der Waals surface area (Å²) in [6.07, 6.45) is 8.23. The molecule has 146 valence electrons. The number of hydrogen-bond acceptors (Lipinski definition) is 6. The zero-order chi connectivity index (χ0) is 19.3. The molecule has 2 fully saturated rings. The molecule has 1 aliphatic heterocycles. The van der Waals surface area contributed by atoms with E-state index in [0.717, 1.165) is 47.3 Å². The largest absolute Gasteiger partial charge is 0.342 e. The minimum absolute atomic E-state index is 0.392. The Kier molecular flexibility index (Phi) is 4.66. The van der Waals surface area contributed by atoms with Gasteiger partial charge in [-0.05, 0) is 43.2 Å². The summed E-state index contributed by atoms with van der Waals surface area (Å²) in [5.74, 6) is 0.889. The first kappa shape index (κ1) is 18.5. The summed E-state index contributed by atoms with van der Waals surface area (Å²) in [6.45, 7) is 1.97. The van der Waals surface area contributed by atoms with Gasteiger partial charge in [0.25, 0.3) is 0 Å². The molecule has 0 unspecified atom stereocenters. The first-order valence-corrected chi connectivity index (χ1v) is 10.9. The number of benzene rings is 1. The zero-order valence-corrected chi connectivity index (χ0v) is 17.5. The Balaban J connectivity index is 1.41. The maximum absolute atomic E-state index is 6.34. The van der Waals surface area contributed by atoms with Crippen molar-refractivity contribution in [2.24, 2.45) is 11.1 Å². The van der Waals surface area contributed by atoms with E-state index in [0.29, 0.717) is 21.5 Å². The summed E-state index contributed by atoms with van der Waals surface area (Å²) in [6, 6.07) is 5.99. The standard InChI is InChI=1S/C19H20Cl2N6S/c20-13-2-1-3-14(16(13)21)28-15-10-23-18(27-11-24-25-17(15)27)26-6-4-19(5-7-26)8-12(22)9-19/h1-3,10-12H,4-9,22H2. The highest BCUT2D eigenvalue weighted by atomic mass is 35.5. The molecule has 3 aromatic rings. The fourth-order valence-corrected chi connectivity index (χ4v) is 5.81. The van der Waals surface area contributed by atoms with Crippen molar-refractivity contribution in [3.8, 4) is 0 Å². The van der Waals surface area contributed by atoms with Crippen molar-refractivity contribution in [3.05, 3.63) is 40.8 Å². The van der Waals surface area contributed by atoms with Gasteiger partial charge >= 0.3 is 0 Å². The Hall–Kier alpha value is -1.54. The van der Waals surface area contributed by atoms with Crippen LogP contribution < -0.4 is 10.6 Å². The van der Waals surface area contributed by atoms with Gasteiger partial charge in [-0.1, -0.05) is 41.0 Å². The van der Waals surface area contributed by atoms with Gasteiger partial charge in [-0.3, -0.25) is 0 Å². The molecule has 0 radical (unpaired) electrons. The molecule has 2 aromatic heterocycles. The molecule has 2 N–H and O–H groups in total. The number of nitrogens with zero attached hydrogens (tertiary/aromatic N) is 5. The molecule has 0 amide bonds. The highest BCUT2D eigenvalue weighted by Gasteiger charge is 2.44. The number of rotatable bonds is 3. The molecular weight excluding hydrogens is 415 g/mol. The number of halogens is 2. The normalized spacial score (nSPS) is 19.3. The zero-order valence-electron chi connectivity index (χ0n) is 15.2. The second-order valence-electron chi connectivity index (χ2n) is 7.76. The lowest BCUT2D eigenvalue weighted by atomic mass is 9.61. The van der Waals surface area contributed by atoms with E-state index in [1.54, 1.807) is 12.4 Å². The van der Waals surface area contributed by atoms with E-state index in [2.05, 4.69) is 15.1 Å². The van der Waals surface area contributed by atoms with Gasteiger partial charge in [0, 0.05) is 30.2 Å². The average Bonchev–Trinajstić information content (AvgIpc) is 3.16. The number of anilines is 1. The third-order valence-corrected chi connectivity index (χ3v) is 7.91. The van der Waals surface area contributed by atoms with Crippen LogP contribution in [0.3, 0.4) is 0 Å². The molecular formula is C19H20Cl2N6S. The van der Waals surface area contributed by atoms with Crippen LogP contribution in [0.25, 0.3) is 5.65 Å². The van der Waals surface area contributed by atoms with E-state index in [1.165, 1.54) is 24.6 Å². The molecule has 3 heterocycles. The molecule has 1 saturated carbocycles. The van der Waals surface area contributed by atoms with Crippen LogP contribution in [0.4, 0.5) is 5.95 Å². The van der Waals surface area contributed by atoms with E-state index < -0.39 is 0 Å². The van der Waals surface area contributed by atoms with Crippen molar-refractivity contribution >= 4 is 46.6 Å². The van der Waals surface area contributed by atoms with Gasteiger partial charge in [0.15, 0.2) is 5.65 Å². The van der Waals surface area contributed by atoms with Crippen LogP contribution in [-0.2, 0) is 0 Å². The van der Waals surface area contributed by atoms with Gasteiger partial charge in [-0.25, -0.2) is 9.38 Å². The van der Waals surface area contributed by atoms with Gasteiger partial charge in [-0.15, -0.1) is 10.2 Å². The third kappa shape index (κ3) is 3.14. The number of nitrogens with two attached hydrogens (primary N) is 1. The number of piperidine rings is 1. The van der Waals surface area contributed by atoms with Crippen molar-refractivity contribution in [1.82, 2.24) is 19.6 Å². The predicted octanol–water partition coefficient (Wildman–Crippen LogP) is 4.29. The van der Waals surface area contributed by atoms with Crippen LogP contribution in [0.2, 0.25) is 10.0 Å². The molecule has 1 aliphatic carbocycles. The first-order chi connectivity index (χ1) is 13.5. The molecule has 5 rings (SSSR count). The van der Waals surface area contributed by atoms with E-state index in [9.17, 15) is 0 Å². The summed E-state index contributed by atoms with van der Waals surface area (Å²) in [7, 11) is 0. The molecule has 1 aromatic carbocycles. The van der Waals surface area contributed by atoms with Crippen molar-refractivity contribution in [3.63, 3.8) is 0 Å². The fraction of sp³-hybridized carbons (Fsp3) is 0.421. The molecule has 6 nitrogen and oxygen atoms in total. The summed E-state index contributed by atoms with van der Waals surface area (Å²) < 4.78 is 1.96. The summed E-state index contributed by atoms with van der Waals surface area (Å²) in [5, 5.41) is 9.52. The second kappa shape index (κ2) is 7.06. The lowest BCUT2D eigenvalue weighted by molar-refractivity contribution is 0.0709. The maximum Gasteiger partial charge on any atom is 0.212 e. The van der Waals surface area contributed by atoms with Crippen LogP contribution in [0.1, 0.15) is 25.7 Å². The number of aromatic nitrogens is 4. The second-order valence-corrected chi connectivity index (χ2v) is 9.63. The Morgan fingerprint density at radius 3 is 2.68 bits per heavy atom. The van der Waals surface area contributed by atoms with Gasteiger partial charge < -0.3 is 10.6 Å². The summed E-state index contributed by atoms with van der Waals surface area (Å²) >= 11 is 14.0. The SMILES string of the molecule is NC1CC2(CCN(c3ncc(Sc4cccc(Cl)c4Cl)c4nncn34)CC2)C1. The van der Waals surface area contributed by atoms with E-state index in [-0.39, 0.29) is 0 Å². The van der Waals surface area contributed by atoms with Crippen molar-refractivity contribution in [2.45, 2.75) is 41.5 Å². The van der Waals surface area contributed by atoms with E-state index >= 15 is 0 Å². The molecule has 0 atom stereocenters. The van der Waals surface area contributed by atoms with Crippen LogP contribution in [0, 0.1) is 5.41 Å². The Labute approximate surface area is 177 Å². The quantitative estimate of drug-likeness (QED) is 0.662. The molecule has 1 spiro atoms. The van der Waals surface area contributed by atoms with E-state index in [4.69, 9.17) is 33.9 Å². The van der Waals surface area contributed by atoms with Crippen LogP contribution in [0.15, 0.2) is 40.5 Å². The fourth-order valence-electron chi connectivity index (χ4n) is 4.41. The number of fused-ring (bicyclic) bond motifs is 1. The highest BCUT2D eigenvalue weighted by molar-refractivity contribution is 7.99. The minimum Gasteiger partial charge on any atom is -0.342 e. The Bertz CT molecular complexity index is 1020. The minimum atomic E-state index is 0.392. The van der Waals surface area contributed by atoms with Crippen LogP contribution >= 0.6 is 35.0 Å². The summed E-state index contributed by atoms with van der Waals surface area (Å²) in [5.41, 5.74) is 7.26. The Morgan fingerprint density at radius 1 is 1.14 bits per heavy atom. The van der Waals surface area contributed by atoms with Gasteiger partial charge in [0.1, 0.15) is 6.33 Å². The van der Waals surface area contributed by atoms with Gasteiger partial charge in [0.2, 0.25) is 5.95 Å². The average molecular weight is 435 g/mol. The van der Waals surface area contributed by atoms with Crippen LogP contribution in [-0.4, -0.2) is 38.7 Å². The topological polar surface area (TPSA) is 72.3 Å². The van der Waals surface area contributed by atoms with Crippen molar-refractivity contribution in [1.29, 1.82) is 0 Å². The van der Waals surface area contributed by atoms with Crippen molar-refractivity contribution in [2.75, 3.05) is 18.0 Å². The monoisotopic (exact) mass is 434 g/mol. The predicted molar refractivity (Wildman–Crippen MR) is 112 cm³/mol. The first-order valence-electron chi connectivity index (χ1n) is 9.36. The highest BCUT2D eigenvalue weighted by Crippen LogP contribution is 2.48. The maximum atomic E-state index is 6.34. The molecule has 2 aliphatic rings. The van der Waals surface area contributed by atoms with Crippen LogP contribution in [0.5, 0.6) is 0 Å². The van der Waals surface area contributed by atoms with Gasteiger partial charge in [0.05, 0.1) is 14.9 Å². The molecule has 28 heavy (non-hydrogen) atoms.